The van der Waals surface area contributed by atoms with E-state index in [-0.39, 0.29) is 5.91 Å². The highest BCUT2D eigenvalue weighted by Crippen LogP contribution is 2.19. The summed E-state index contributed by atoms with van der Waals surface area (Å²) in [4.78, 5) is 14.7. The van der Waals surface area contributed by atoms with Crippen molar-refractivity contribution in [2.24, 2.45) is 0 Å². The summed E-state index contributed by atoms with van der Waals surface area (Å²) in [5.74, 6) is 0.475. The van der Waals surface area contributed by atoms with Gasteiger partial charge in [-0.2, -0.15) is 0 Å². The lowest BCUT2D eigenvalue weighted by atomic mass is 10.2. The SMILES string of the molecule is CC[C@H](Oc1cccc(Cl)c1)C(=O)NCc1ccc(N(CC)CC)cc1. The Balaban J connectivity index is 1.91. The molecule has 0 aromatic heterocycles. The normalized spacial score (nSPS) is 11.7. The fraction of sp³-hybridized carbons (Fsp3) is 0.381. The number of amides is 1. The van der Waals surface area contributed by atoms with E-state index >= 15 is 0 Å². The van der Waals surface area contributed by atoms with Gasteiger partial charge in [0.2, 0.25) is 0 Å². The molecule has 2 aromatic rings. The molecule has 0 aliphatic heterocycles. The summed E-state index contributed by atoms with van der Waals surface area (Å²) in [5.41, 5.74) is 2.26. The van der Waals surface area contributed by atoms with Gasteiger partial charge in [0.1, 0.15) is 5.75 Å². The number of benzene rings is 2. The average molecular weight is 375 g/mol. The van der Waals surface area contributed by atoms with E-state index in [0.717, 1.165) is 18.7 Å². The first kappa shape index (κ1) is 20.1. The first-order valence-corrected chi connectivity index (χ1v) is 9.49. The van der Waals surface area contributed by atoms with Crippen molar-refractivity contribution < 1.29 is 9.53 Å². The van der Waals surface area contributed by atoms with Gasteiger partial charge in [-0.25, -0.2) is 0 Å². The van der Waals surface area contributed by atoms with Gasteiger partial charge in [-0.3, -0.25) is 4.79 Å². The molecule has 2 rings (SSSR count). The zero-order valence-corrected chi connectivity index (χ0v) is 16.4. The number of carbonyl (C=O) groups excluding carboxylic acids is 1. The number of hydrogen-bond donors (Lipinski definition) is 1. The van der Waals surface area contributed by atoms with Crippen molar-refractivity contribution in [3.8, 4) is 5.75 Å². The molecule has 5 heteroatoms. The van der Waals surface area contributed by atoms with Crippen molar-refractivity contribution in [2.75, 3.05) is 18.0 Å². The maximum atomic E-state index is 12.4. The molecular weight excluding hydrogens is 348 g/mol. The van der Waals surface area contributed by atoms with Crippen LogP contribution in [-0.2, 0) is 11.3 Å². The highest BCUT2D eigenvalue weighted by atomic mass is 35.5. The minimum Gasteiger partial charge on any atom is -0.481 e. The van der Waals surface area contributed by atoms with E-state index in [1.807, 2.05) is 19.1 Å². The van der Waals surface area contributed by atoms with E-state index < -0.39 is 6.10 Å². The van der Waals surface area contributed by atoms with E-state index in [2.05, 4.69) is 36.2 Å². The van der Waals surface area contributed by atoms with Crippen LogP contribution in [0.3, 0.4) is 0 Å². The molecule has 140 valence electrons. The highest BCUT2D eigenvalue weighted by Gasteiger charge is 2.18. The molecule has 2 aromatic carbocycles. The van der Waals surface area contributed by atoms with Gasteiger partial charge in [-0.05, 0) is 56.2 Å². The Labute approximate surface area is 161 Å². The highest BCUT2D eigenvalue weighted by molar-refractivity contribution is 6.30. The Morgan fingerprint density at radius 3 is 2.38 bits per heavy atom. The number of halogens is 1. The first-order chi connectivity index (χ1) is 12.6. The van der Waals surface area contributed by atoms with E-state index in [9.17, 15) is 4.79 Å². The van der Waals surface area contributed by atoms with Crippen LogP contribution < -0.4 is 15.0 Å². The van der Waals surface area contributed by atoms with Gasteiger partial charge in [0.15, 0.2) is 6.10 Å². The van der Waals surface area contributed by atoms with Gasteiger partial charge in [0.05, 0.1) is 0 Å². The standard InChI is InChI=1S/C21H27ClN2O2/c1-4-20(26-19-9-7-8-17(22)14-19)21(25)23-15-16-10-12-18(13-11-16)24(5-2)6-3/h7-14,20H,4-6,15H2,1-3H3,(H,23,25)/t20-/m0/s1. The lowest BCUT2D eigenvalue weighted by Crippen LogP contribution is -2.37. The Morgan fingerprint density at radius 2 is 1.81 bits per heavy atom. The number of carbonyl (C=O) groups is 1. The van der Waals surface area contributed by atoms with Gasteiger partial charge in [-0.15, -0.1) is 0 Å². The van der Waals surface area contributed by atoms with E-state index in [4.69, 9.17) is 16.3 Å². The molecule has 26 heavy (non-hydrogen) atoms. The second-order valence-corrected chi connectivity index (χ2v) is 6.47. The molecule has 0 saturated carbocycles. The molecule has 0 aliphatic carbocycles. The first-order valence-electron chi connectivity index (χ1n) is 9.11. The second-order valence-electron chi connectivity index (χ2n) is 6.03. The van der Waals surface area contributed by atoms with Crippen molar-refractivity contribution in [1.82, 2.24) is 5.32 Å². The molecule has 0 saturated heterocycles. The molecule has 0 aliphatic rings. The smallest absolute Gasteiger partial charge is 0.261 e. The lowest BCUT2D eigenvalue weighted by molar-refractivity contribution is -0.128. The summed E-state index contributed by atoms with van der Waals surface area (Å²) >= 11 is 5.96. The fourth-order valence-electron chi connectivity index (χ4n) is 2.74. The van der Waals surface area contributed by atoms with Crippen LogP contribution in [0.1, 0.15) is 32.8 Å². The summed E-state index contributed by atoms with van der Waals surface area (Å²) < 4.78 is 5.77. The zero-order chi connectivity index (χ0) is 18.9. The van der Waals surface area contributed by atoms with Crippen molar-refractivity contribution in [3.05, 3.63) is 59.1 Å². The third-order valence-electron chi connectivity index (χ3n) is 4.27. The largest absolute Gasteiger partial charge is 0.481 e. The summed E-state index contributed by atoms with van der Waals surface area (Å²) in [5, 5.41) is 3.54. The lowest BCUT2D eigenvalue weighted by Gasteiger charge is -2.21. The molecular formula is C21H27ClN2O2. The third kappa shape index (κ3) is 5.67. The van der Waals surface area contributed by atoms with Crippen molar-refractivity contribution in [3.63, 3.8) is 0 Å². The summed E-state index contributed by atoms with van der Waals surface area (Å²) in [6.45, 7) is 8.64. The minimum atomic E-state index is -0.539. The van der Waals surface area contributed by atoms with Gasteiger partial charge in [0, 0.05) is 30.3 Å². The van der Waals surface area contributed by atoms with Crippen molar-refractivity contribution >= 4 is 23.2 Å². The number of ether oxygens (including phenoxy) is 1. The predicted octanol–water partition coefficient (Wildman–Crippen LogP) is 4.66. The van der Waals surface area contributed by atoms with Crippen LogP contribution in [0.4, 0.5) is 5.69 Å². The van der Waals surface area contributed by atoms with E-state index in [1.165, 1.54) is 5.69 Å². The number of nitrogens with zero attached hydrogens (tertiary/aromatic N) is 1. The molecule has 1 N–H and O–H groups in total. The van der Waals surface area contributed by atoms with Crippen LogP contribution >= 0.6 is 11.6 Å². The molecule has 0 heterocycles. The van der Waals surface area contributed by atoms with Crippen molar-refractivity contribution in [1.29, 1.82) is 0 Å². The van der Waals surface area contributed by atoms with Gasteiger partial charge < -0.3 is 15.0 Å². The Kier molecular flexibility index (Phi) is 7.79. The van der Waals surface area contributed by atoms with E-state index in [1.54, 1.807) is 24.3 Å². The summed E-state index contributed by atoms with van der Waals surface area (Å²) in [6, 6.07) is 15.4. The molecule has 1 amide bonds. The third-order valence-corrected chi connectivity index (χ3v) is 4.50. The van der Waals surface area contributed by atoms with Crippen molar-refractivity contribution in [2.45, 2.75) is 39.8 Å². The number of rotatable bonds is 9. The van der Waals surface area contributed by atoms with Gasteiger partial charge in [-0.1, -0.05) is 36.7 Å². The Bertz CT molecular complexity index is 699. The molecule has 0 spiro atoms. The zero-order valence-electron chi connectivity index (χ0n) is 15.7. The quantitative estimate of drug-likeness (QED) is 0.694. The summed E-state index contributed by atoms with van der Waals surface area (Å²) in [6.07, 6.45) is 0.0441. The molecule has 0 fully saturated rings. The molecule has 1 atom stereocenters. The van der Waals surface area contributed by atoms with Gasteiger partial charge in [0.25, 0.3) is 5.91 Å². The van der Waals surface area contributed by atoms with Crippen LogP contribution in [-0.4, -0.2) is 25.1 Å². The summed E-state index contributed by atoms with van der Waals surface area (Å²) in [7, 11) is 0. The monoisotopic (exact) mass is 374 g/mol. The maximum absolute atomic E-state index is 12.4. The molecule has 0 unspecified atom stereocenters. The molecule has 0 bridgehead atoms. The van der Waals surface area contributed by atoms with Crippen LogP contribution in [0.2, 0.25) is 5.02 Å². The number of hydrogen-bond acceptors (Lipinski definition) is 3. The Morgan fingerprint density at radius 1 is 1.12 bits per heavy atom. The maximum Gasteiger partial charge on any atom is 0.261 e. The van der Waals surface area contributed by atoms with E-state index in [0.29, 0.717) is 23.7 Å². The molecule has 0 radical (unpaired) electrons. The second kappa shape index (κ2) is 10.1. The van der Waals surface area contributed by atoms with Crippen LogP contribution in [0.15, 0.2) is 48.5 Å². The fourth-order valence-corrected chi connectivity index (χ4v) is 2.92. The molecule has 4 nitrogen and oxygen atoms in total. The Hall–Kier alpha value is -2.20. The van der Waals surface area contributed by atoms with Crippen LogP contribution in [0.25, 0.3) is 0 Å². The van der Waals surface area contributed by atoms with Gasteiger partial charge >= 0.3 is 0 Å². The minimum absolute atomic E-state index is 0.125. The predicted molar refractivity (Wildman–Crippen MR) is 108 cm³/mol. The number of nitrogens with one attached hydrogen (secondary N) is 1. The van der Waals surface area contributed by atoms with Crippen LogP contribution in [0.5, 0.6) is 5.75 Å². The topological polar surface area (TPSA) is 41.6 Å². The average Bonchev–Trinajstić information content (AvgIpc) is 2.66. The van der Waals surface area contributed by atoms with Crippen LogP contribution in [0, 0.1) is 0 Å². The number of anilines is 1.